The van der Waals surface area contributed by atoms with Crippen LogP contribution in [0.1, 0.15) is 0 Å². The lowest BCUT2D eigenvalue weighted by atomic mass is 9.77. The summed E-state index contributed by atoms with van der Waals surface area (Å²) in [6.07, 6.45) is 2.97. The number of fused-ring (bicyclic) bond motifs is 1. The van der Waals surface area contributed by atoms with Crippen LogP contribution in [0.5, 0.6) is 11.5 Å². The fourth-order valence-corrected chi connectivity index (χ4v) is 4.27. The normalized spacial score (nSPS) is 32.2. The van der Waals surface area contributed by atoms with Gasteiger partial charge in [0.2, 0.25) is 5.91 Å². The number of benzene rings is 1. The van der Waals surface area contributed by atoms with E-state index in [0.717, 1.165) is 0 Å². The second-order valence-corrected chi connectivity index (χ2v) is 6.73. The zero-order valence-electron chi connectivity index (χ0n) is 13.6. The first kappa shape index (κ1) is 16.2. The Balaban J connectivity index is 1.77. The molecule has 2 saturated heterocycles. The first-order valence-corrected chi connectivity index (χ1v) is 8.12. The fourth-order valence-electron chi connectivity index (χ4n) is 4.04. The summed E-state index contributed by atoms with van der Waals surface area (Å²) in [5.41, 5.74) is -0.450. The number of carboxylic acid groups (broad SMARTS) is 1. The Morgan fingerprint density at radius 1 is 1.36 bits per heavy atom. The van der Waals surface area contributed by atoms with Crippen molar-refractivity contribution in [2.24, 2.45) is 11.8 Å². The van der Waals surface area contributed by atoms with E-state index in [2.05, 4.69) is 0 Å². The molecule has 3 aliphatic heterocycles. The number of nitrogens with zero attached hydrogens (tertiary/aromatic N) is 1. The van der Waals surface area contributed by atoms with Gasteiger partial charge < -0.3 is 24.2 Å². The van der Waals surface area contributed by atoms with Crippen molar-refractivity contribution >= 4 is 29.2 Å². The Kier molecular flexibility index (Phi) is 3.49. The second kappa shape index (κ2) is 5.37. The summed E-state index contributed by atoms with van der Waals surface area (Å²) in [7, 11) is 2.97. The van der Waals surface area contributed by atoms with Crippen molar-refractivity contribution in [2.45, 2.75) is 11.7 Å². The number of carbonyl (C=O) groups excluding carboxylic acids is 1. The average molecular weight is 366 g/mol. The molecule has 1 aromatic rings. The summed E-state index contributed by atoms with van der Waals surface area (Å²) in [6.45, 7) is 0.215. The molecule has 4 atom stereocenters. The largest absolute Gasteiger partial charge is 0.495 e. The highest BCUT2D eigenvalue weighted by molar-refractivity contribution is 6.32. The standard InChI is InChI=1S/C17H16ClNO6/c1-23-11-6-12(24-2)9(5-8(11)18)19-7-17-4-3-10(25-17)13(16(21)22)14(17)15(19)20/h3-6,10,13-14H,7H2,1-2H3,(H,21,22)/t10-,13-,14+,17+/m0/s1. The zero-order chi connectivity index (χ0) is 17.9. The Morgan fingerprint density at radius 3 is 2.72 bits per heavy atom. The number of aliphatic carboxylic acids is 1. The quantitative estimate of drug-likeness (QED) is 0.818. The average Bonchev–Trinajstić information content (AvgIpc) is 3.22. The smallest absolute Gasteiger partial charge is 0.310 e. The van der Waals surface area contributed by atoms with Crippen molar-refractivity contribution in [3.8, 4) is 11.5 Å². The predicted molar refractivity (Wildman–Crippen MR) is 88.3 cm³/mol. The van der Waals surface area contributed by atoms with Crippen LogP contribution in [0, 0.1) is 11.8 Å². The lowest BCUT2D eigenvalue weighted by Gasteiger charge is -2.23. The van der Waals surface area contributed by atoms with Crippen LogP contribution in [-0.2, 0) is 14.3 Å². The highest BCUT2D eigenvalue weighted by atomic mass is 35.5. The summed E-state index contributed by atoms with van der Waals surface area (Å²) in [4.78, 5) is 26.2. The minimum Gasteiger partial charge on any atom is -0.495 e. The van der Waals surface area contributed by atoms with Crippen molar-refractivity contribution < 1.29 is 28.9 Å². The molecule has 3 heterocycles. The number of hydrogen-bond donors (Lipinski definition) is 1. The lowest BCUT2D eigenvalue weighted by Crippen LogP contribution is -2.39. The number of hydrogen-bond acceptors (Lipinski definition) is 5. The Bertz CT molecular complexity index is 809. The van der Waals surface area contributed by atoms with Gasteiger partial charge in [0.25, 0.3) is 0 Å². The molecular formula is C17H16ClNO6. The van der Waals surface area contributed by atoms with Crippen LogP contribution in [-0.4, -0.2) is 49.5 Å². The first-order chi connectivity index (χ1) is 11.9. The molecule has 0 radical (unpaired) electrons. The Labute approximate surface area is 148 Å². The molecule has 1 amide bonds. The first-order valence-electron chi connectivity index (χ1n) is 7.75. The van der Waals surface area contributed by atoms with Crippen LogP contribution in [0.2, 0.25) is 5.02 Å². The van der Waals surface area contributed by atoms with Crippen LogP contribution in [0.15, 0.2) is 24.3 Å². The number of ether oxygens (including phenoxy) is 3. The van der Waals surface area contributed by atoms with Crippen molar-refractivity contribution in [1.29, 1.82) is 0 Å². The van der Waals surface area contributed by atoms with Gasteiger partial charge in [-0.1, -0.05) is 23.8 Å². The highest BCUT2D eigenvalue weighted by Gasteiger charge is 2.67. The summed E-state index contributed by atoms with van der Waals surface area (Å²) < 4.78 is 16.4. The van der Waals surface area contributed by atoms with Gasteiger partial charge in [0, 0.05) is 6.07 Å². The molecule has 2 bridgehead atoms. The van der Waals surface area contributed by atoms with E-state index in [4.69, 9.17) is 25.8 Å². The van der Waals surface area contributed by atoms with Crippen molar-refractivity contribution in [2.75, 3.05) is 25.7 Å². The molecule has 25 heavy (non-hydrogen) atoms. The van der Waals surface area contributed by atoms with Gasteiger partial charge >= 0.3 is 5.97 Å². The summed E-state index contributed by atoms with van der Waals surface area (Å²) in [5.74, 6) is -2.15. The van der Waals surface area contributed by atoms with Gasteiger partial charge in [-0.25, -0.2) is 0 Å². The maximum atomic E-state index is 13.0. The highest BCUT2D eigenvalue weighted by Crippen LogP contribution is 2.54. The van der Waals surface area contributed by atoms with E-state index in [0.29, 0.717) is 22.2 Å². The molecule has 4 rings (SSSR count). The van der Waals surface area contributed by atoms with Gasteiger partial charge in [-0.3, -0.25) is 9.59 Å². The minimum atomic E-state index is -1.03. The van der Waals surface area contributed by atoms with Gasteiger partial charge in [0.1, 0.15) is 23.0 Å². The molecule has 0 aliphatic carbocycles. The maximum Gasteiger partial charge on any atom is 0.310 e. The van der Waals surface area contributed by atoms with Crippen molar-refractivity contribution in [3.05, 3.63) is 29.3 Å². The van der Waals surface area contributed by atoms with Crippen LogP contribution in [0.25, 0.3) is 0 Å². The van der Waals surface area contributed by atoms with Gasteiger partial charge in [-0.15, -0.1) is 0 Å². The van der Waals surface area contributed by atoms with Gasteiger partial charge in [0.15, 0.2) is 0 Å². The minimum absolute atomic E-state index is 0.215. The Morgan fingerprint density at radius 2 is 2.08 bits per heavy atom. The van der Waals surface area contributed by atoms with Gasteiger partial charge in [0.05, 0.1) is 43.5 Å². The summed E-state index contributed by atoms with van der Waals surface area (Å²) in [6, 6.07) is 3.18. The molecule has 132 valence electrons. The molecule has 1 N–H and O–H groups in total. The van der Waals surface area contributed by atoms with E-state index < -0.39 is 29.5 Å². The van der Waals surface area contributed by atoms with Crippen LogP contribution >= 0.6 is 11.6 Å². The fraction of sp³-hybridized carbons (Fsp3) is 0.412. The van der Waals surface area contributed by atoms with E-state index in [-0.39, 0.29) is 12.5 Å². The van der Waals surface area contributed by atoms with Crippen molar-refractivity contribution in [3.63, 3.8) is 0 Å². The number of methoxy groups -OCH3 is 2. The molecule has 2 fully saturated rings. The molecule has 1 spiro atoms. The van der Waals surface area contributed by atoms with Crippen molar-refractivity contribution in [1.82, 2.24) is 0 Å². The number of rotatable bonds is 4. The van der Waals surface area contributed by atoms with Gasteiger partial charge in [-0.2, -0.15) is 0 Å². The third kappa shape index (κ3) is 2.09. The summed E-state index contributed by atoms with van der Waals surface area (Å²) in [5, 5.41) is 9.85. The number of amides is 1. The monoisotopic (exact) mass is 365 g/mol. The second-order valence-electron chi connectivity index (χ2n) is 6.32. The third-order valence-electron chi connectivity index (χ3n) is 5.13. The van der Waals surface area contributed by atoms with Crippen LogP contribution < -0.4 is 14.4 Å². The summed E-state index contributed by atoms with van der Waals surface area (Å²) >= 11 is 6.20. The van der Waals surface area contributed by atoms with E-state index in [9.17, 15) is 14.7 Å². The number of anilines is 1. The maximum absolute atomic E-state index is 13.0. The van der Waals surface area contributed by atoms with E-state index in [1.165, 1.54) is 19.1 Å². The van der Waals surface area contributed by atoms with Crippen LogP contribution in [0.3, 0.4) is 0 Å². The molecule has 3 aliphatic rings. The molecular weight excluding hydrogens is 350 g/mol. The third-order valence-corrected chi connectivity index (χ3v) is 5.42. The topological polar surface area (TPSA) is 85.3 Å². The predicted octanol–water partition coefficient (Wildman–Crippen LogP) is 1.73. The zero-order valence-corrected chi connectivity index (χ0v) is 14.3. The number of carbonyl (C=O) groups is 2. The molecule has 0 aromatic heterocycles. The molecule has 0 unspecified atom stereocenters. The van der Waals surface area contributed by atoms with E-state index in [1.807, 2.05) is 0 Å². The SMILES string of the molecule is COc1cc(OC)c(N2C[C@@]34C=C[C@H](O3)[C@H](C(=O)O)[C@@H]4C2=O)cc1Cl. The molecule has 8 heteroatoms. The number of carboxylic acids is 1. The molecule has 1 aromatic carbocycles. The molecule has 0 saturated carbocycles. The van der Waals surface area contributed by atoms with E-state index in [1.54, 1.807) is 24.3 Å². The lowest BCUT2D eigenvalue weighted by molar-refractivity contribution is -0.146. The number of halogens is 1. The van der Waals surface area contributed by atoms with E-state index >= 15 is 0 Å². The molecule has 7 nitrogen and oxygen atoms in total. The van der Waals surface area contributed by atoms with Gasteiger partial charge in [-0.05, 0) is 6.07 Å². The van der Waals surface area contributed by atoms with Crippen LogP contribution in [0.4, 0.5) is 5.69 Å². The Hall–Kier alpha value is -2.25.